The second kappa shape index (κ2) is 4.98. The minimum Gasteiger partial charge on any atom is -0.348 e. The van der Waals surface area contributed by atoms with Crippen molar-refractivity contribution in [1.29, 1.82) is 0 Å². The molecule has 0 spiro atoms. The highest BCUT2D eigenvalue weighted by atomic mass is 79.9. The maximum Gasteiger partial charge on any atom is 0.471 e. The molecule has 0 aliphatic heterocycles. The Morgan fingerprint density at radius 2 is 2.20 bits per heavy atom. The van der Waals surface area contributed by atoms with Gasteiger partial charge in [-0.05, 0) is 28.4 Å². The van der Waals surface area contributed by atoms with Crippen molar-refractivity contribution in [3.63, 3.8) is 0 Å². The molecule has 1 N–H and O–H groups in total. The Balaban J connectivity index is 2.31. The van der Waals surface area contributed by atoms with Crippen LogP contribution < -0.4 is 5.32 Å². The van der Waals surface area contributed by atoms with Crippen LogP contribution in [-0.2, 0) is 11.2 Å². The average molecular weight is 302 g/mol. The zero-order chi connectivity index (χ0) is 11.5. The van der Waals surface area contributed by atoms with E-state index >= 15 is 0 Å². The molecule has 84 valence electrons. The lowest BCUT2D eigenvalue weighted by Gasteiger charge is -2.06. The van der Waals surface area contributed by atoms with Crippen LogP contribution in [0.1, 0.15) is 4.88 Å². The molecule has 1 aromatic rings. The molecule has 0 aliphatic rings. The fraction of sp³-hybridized carbons (Fsp3) is 0.375. The SMILES string of the molecule is O=C(NCCc1cc(Br)cs1)C(F)(F)F. The second-order valence-corrected chi connectivity index (χ2v) is 4.65. The molecule has 1 aromatic heterocycles. The van der Waals surface area contributed by atoms with Crippen LogP contribution in [0.4, 0.5) is 13.2 Å². The second-order valence-electron chi connectivity index (χ2n) is 2.73. The van der Waals surface area contributed by atoms with Crippen LogP contribution in [0.3, 0.4) is 0 Å². The van der Waals surface area contributed by atoms with Gasteiger partial charge in [-0.2, -0.15) is 13.2 Å². The number of amides is 1. The zero-order valence-electron chi connectivity index (χ0n) is 7.40. The molecule has 0 aromatic carbocycles. The summed E-state index contributed by atoms with van der Waals surface area (Å²) in [6, 6.07) is 1.81. The number of halogens is 4. The van der Waals surface area contributed by atoms with Crippen molar-refractivity contribution in [2.45, 2.75) is 12.6 Å². The lowest BCUT2D eigenvalue weighted by atomic mass is 10.3. The molecule has 0 bridgehead atoms. The molecule has 0 aliphatic carbocycles. The van der Waals surface area contributed by atoms with Crippen LogP contribution in [0.25, 0.3) is 0 Å². The first-order chi connectivity index (χ1) is 6.89. The summed E-state index contributed by atoms with van der Waals surface area (Å²) in [5, 5.41) is 3.64. The Kier molecular flexibility index (Phi) is 4.15. The third-order valence-corrected chi connectivity index (χ3v) is 3.29. The molecule has 0 fully saturated rings. The Morgan fingerprint density at radius 1 is 1.53 bits per heavy atom. The molecule has 7 heteroatoms. The van der Waals surface area contributed by atoms with Gasteiger partial charge in [0.15, 0.2) is 0 Å². The van der Waals surface area contributed by atoms with E-state index in [1.807, 2.05) is 16.8 Å². The number of hydrogen-bond donors (Lipinski definition) is 1. The topological polar surface area (TPSA) is 29.1 Å². The minimum absolute atomic E-state index is 0.00863. The average Bonchev–Trinajstić information content (AvgIpc) is 2.49. The number of hydrogen-bond acceptors (Lipinski definition) is 2. The smallest absolute Gasteiger partial charge is 0.348 e. The van der Waals surface area contributed by atoms with Gasteiger partial charge in [0.1, 0.15) is 0 Å². The van der Waals surface area contributed by atoms with E-state index in [0.717, 1.165) is 9.35 Å². The van der Waals surface area contributed by atoms with E-state index in [-0.39, 0.29) is 6.54 Å². The van der Waals surface area contributed by atoms with Gasteiger partial charge in [-0.25, -0.2) is 0 Å². The number of carbonyl (C=O) groups is 1. The molecule has 15 heavy (non-hydrogen) atoms. The third kappa shape index (κ3) is 4.21. The van der Waals surface area contributed by atoms with E-state index < -0.39 is 12.1 Å². The van der Waals surface area contributed by atoms with Crippen LogP contribution in [0.15, 0.2) is 15.9 Å². The van der Waals surface area contributed by atoms with Crippen LogP contribution in [0.5, 0.6) is 0 Å². The predicted molar refractivity (Wildman–Crippen MR) is 54.8 cm³/mol. The molecule has 1 rings (SSSR count). The van der Waals surface area contributed by atoms with Gasteiger partial charge in [-0.15, -0.1) is 11.3 Å². The van der Waals surface area contributed by atoms with Gasteiger partial charge >= 0.3 is 12.1 Å². The molecule has 0 radical (unpaired) electrons. The van der Waals surface area contributed by atoms with Gasteiger partial charge in [0.2, 0.25) is 0 Å². The number of thiophene rings is 1. The molecule has 0 saturated carbocycles. The highest BCUT2D eigenvalue weighted by Gasteiger charge is 2.38. The first-order valence-electron chi connectivity index (χ1n) is 3.97. The number of alkyl halides is 3. The zero-order valence-corrected chi connectivity index (χ0v) is 9.80. The molecular formula is C8H7BrF3NOS. The number of carbonyl (C=O) groups excluding carboxylic acids is 1. The number of nitrogens with one attached hydrogen (secondary N) is 1. The Labute approximate surface area is 96.6 Å². The molecular weight excluding hydrogens is 295 g/mol. The van der Waals surface area contributed by atoms with Gasteiger partial charge in [0, 0.05) is 21.3 Å². The third-order valence-electron chi connectivity index (χ3n) is 1.54. The Morgan fingerprint density at radius 3 is 2.67 bits per heavy atom. The van der Waals surface area contributed by atoms with Crippen LogP contribution in [-0.4, -0.2) is 18.6 Å². The molecule has 0 atom stereocenters. The highest BCUT2D eigenvalue weighted by molar-refractivity contribution is 9.10. The largest absolute Gasteiger partial charge is 0.471 e. The van der Waals surface area contributed by atoms with E-state index in [9.17, 15) is 18.0 Å². The van der Waals surface area contributed by atoms with E-state index in [2.05, 4.69) is 15.9 Å². The van der Waals surface area contributed by atoms with Gasteiger partial charge in [-0.1, -0.05) is 0 Å². The summed E-state index contributed by atoms with van der Waals surface area (Å²) < 4.78 is 36.2. The van der Waals surface area contributed by atoms with E-state index in [1.165, 1.54) is 11.3 Å². The molecule has 2 nitrogen and oxygen atoms in total. The fourth-order valence-corrected chi connectivity index (χ4v) is 2.34. The summed E-state index contributed by atoms with van der Waals surface area (Å²) in [7, 11) is 0. The first kappa shape index (κ1) is 12.5. The van der Waals surface area contributed by atoms with Crippen molar-refractivity contribution < 1.29 is 18.0 Å². The van der Waals surface area contributed by atoms with Crippen molar-refractivity contribution in [3.8, 4) is 0 Å². The van der Waals surface area contributed by atoms with Crippen molar-refractivity contribution in [2.75, 3.05) is 6.54 Å². The predicted octanol–water partition coefficient (Wildman–Crippen LogP) is 2.73. The summed E-state index contributed by atoms with van der Waals surface area (Å²) in [6.45, 7) is -0.00863. The van der Waals surface area contributed by atoms with E-state index in [1.54, 1.807) is 0 Å². The van der Waals surface area contributed by atoms with Gasteiger partial charge in [0.05, 0.1) is 0 Å². The minimum atomic E-state index is -4.80. The van der Waals surface area contributed by atoms with E-state index in [4.69, 9.17) is 0 Å². The molecule has 1 heterocycles. The summed E-state index contributed by atoms with van der Waals surface area (Å²) in [5.41, 5.74) is 0. The maximum atomic E-state index is 11.8. The quantitative estimate of drug-likeness (QED) is 0.914. The van der Waals surface area contributed by atoms with Crippen LogP contribution in [0.2, 0.25) is 0 Å². The highest BCUT2D eigenvalue weighted by Crippen LogP contribution is 2.20. The Hall–Kier alpha value is -0.560. The summed E-state index contributed by atoms with van der Waals surface area (Å²) >= 11 is 4.66. The lowest BCUT2D eigenvalue weighted by molar-refractivity contribution is -0.173. The summed E-state index contributed by atoms with van der Waals surface area (Å²) in [5.74, 6) is -1.89. The fourth-order valence-electron chi connectivity index (χ4n) is 0.884. The van der Waals surface area contributed by atoms with E-state index in [0.29, 0.717) is 6.42 Å². The monoisotopic (exact) mass is 301 g/mol. The standard InChI is InChI=1S/C8H7BrF3NOS/c9-5-3-6(15-4-5)1-2-13-7(14)8(10,11)12/h3-4H,1-2H2,(H,13,14). The van der Waals surface area contributed by atoms with Gasteiger partial charge in [-0.3, -0.25) is 4.79 Å². The van der Waals surface area contributed by atoms with Gasteiger partial charge < -0.3 is 5.32 Å². The lowest BCUT2D eigenvalue weighted by Crippen LogP contribution is -2.37. The van der Waals surface area contributed by atoms with Crippen LogP contribution in [0, 0.1) is 0 Å². The van der Waals surface area contributed by atoms with Crippen molar-refractivity contribution >= 4 is 33.2 Å². The summed E-state index contributed by atoms with van der Waals surface area (Å²) in [4.78, 5) is 11.3. The molecule has 0 unspecified atom stereocenters. The maximum absolute atomic E-state index is 11.8. The summed E-state index contributed by atoms with van der Waals surface area (Å²) in [6.07, 6.45) is -4.39. The van der Waals surface area contributed by atoms with Gasteiger partial charge in [0.25, 0.3) is 0 Å². The first-order valence-corrected chi connectivity index (χ1v) is 5.65. The normalized spacial score (nSPS) is 11.5. The van der Waals surface area contributed by atoms with Crippen LogP contribution >= 0.6 is 27.3 Å². The molecule has 1 amide bonds. The Bertz CT molecular complexity index is 350. The van der Waals surface area contributed by atoms with Crippen molar-refractivity contribution in [3.05, 3.63) is 20.8 Å². The van der Waals surface area contributed by atoms with Crippen molar-refractivity contribution in [1.82, 2.24) is 5.32 Å². The van der Waals surface area contributed by atoms with Crippen molar-refractivity contribution in [2.24, 2.45) is 0 Å². The number of rotatable bonds is 3. The molecule has 0 saturated heterocycles.